The number of hydrogen-bond acceptors (Lipinski definition) is 12. The zero-order valence-corrected chi connectivity index (χ0v) is 25.5. The van der Waals surface area contributed by atoms with Crippen LogP contribution in [-0.4, -0.2) is 69.3 Å². The predicted octanol–water partition coefficient (Wildman–Crippen LogP) is 5.20. The summed E-state index contributed by atoms with van der Waals surface area (Å²) in [5, 5.41) is 39.3. The van der Waals surface area contributed by atoms with Crippen molar-refractivity contribution in [3.63, 3.8) is 0 Å². The highest BCUT2D eigenvalue weighted by molar-refractivity contribution is 6.01. The Kier molecular flexibility index (Phi) is 9.45. The molecule has 2 aromatic heterocycles. The molecule has 0 aliphatic carbocycles. The van der Waals surface area contributed by atoms with Crippen LogP contribution in [0.1, 0.15) is 34.0 Å². The number of carbonyl (C=O) groups excluding carboxylic acids is 1. The van der Waals surface area contributed by atoms with Crippen LogP contribution in [-0.2, 0) is 29.3 Å². The zero-order valence-electron chi connectivity index (χ0n) is 25.5. The molecule has 0 bridgehead atoms. The van der Waals surface area contributed by atoms with Crippen LogP contribution in [0, 0.1) is 0 Å². The largest absolute Gasteiger partial charge is 0.478 e. The lowest BCUT2D eigenvalue weighted by molar-refractivity contribution is -0.497. The normalized spacial score (nSPS) is 11.2. The molecule has 48 heavy (non-hydrogen) atoms. The third-order valence-corrected chi connectivity index (χ3v) is 7.39. The van der Waals surface area contributed by atoms with Crippen LogP contribution in [0.5, 0.6) is 6.01 Å². The summed E-state index contributed by atoms with van der Waals surface area (Å²) >= 11 is 0. The predicted molar refractivity (Wildman–Crippen MR) is 168 cm³/mol. The van der Waals surface area contributed by atoms with E-state index in [0.717, 1.165) is 21.5 Å². The SMILES string of the molecule is CCOc1nc2cccc(C(=O)O)c2n1Cc1ccc(-c2ccccc2-c2nnn(C(=O)OCc3ccccc3CON(O)O)n2)cc1. The minimum Gasteiger partial charge on any atom is -0.478 e. The molecule has 0 saturated heterocycles. The molecular formula is C33H29N7O8. The summed E-state index contributed by atoms with van der Waals surface area (Å²) in [5.41, 5.74) is 5.47. The first-order chi connectivity index (χ1) is 23.3. The molecule has 0 saturated carbocycles. The highest BCUT2D eigenvalue weighted by Gasteiger charge is 2.20. The Morgan fingerprint density at radius 2 is 1.56 bits per heavy atom. The van der Waals surface area contributed by atoms with Crippen LogP contribution >= 0.6 is 0 Å². The van der Waals surface area contributed by atoms with Crippen molar-refractivity contribution >= 4 is 23.1 Å². The Morgan fingerprint density at radius 1 is 0.854 bits per heavy atom. The molecule has 0 fully saturated rings. The summed E-state index contributed by atoms with van der Waals surface area (Å²) in [7, 11) is 0. The fraction of sp³-hybridized carbons (Fsp3) is 0.152. The smallest absolute Gasteiger partial charge is 0.454 e. The quantitative estimate of drug-likeness (QED) is 0.147. The fourth-order valence-corrected chi connectivity index (χ4v) is 5.19. The van der Waals surface area contributed by atoms with Crippen LogP contribution in [0.4, 0.5) is 4.79 Å². The molecule has 6 rings (SSSR count). The zero-order chi connectivity index (χ0) is 33.6. The van der Waals surface area contributed by atoms with E-state index in [1.54, 1.807) is 47.0 Å². The number of para-hydroxylation sites is 1. The van der Waals surface area contributed by atoms with E-state index < -0.39 is 17.5 Å². The van der Waals surface area contributed by atoms with Gasteiger partial charge in [-0.15, -0.1) is 10.2 Å². The molecule has 15 nitrogen and oxygen atoms in total. The Bertz CT molecular complexity index is 2070. The molecule has 0 radical (unpaired) electrons. The van der Waals surface area contributed by atoms with Gasteiger partial charge in [0.15, 0.2) is 0 Å². The van der Waals surface area contributed by atoms with Crippen molar-refractivity contribution in [3.05, 3.63) is 113 Å². The Balaban J connectivity index is 1.20. The van der Waals surface area contributed by atoms with Crippen molar-refractivity contribution in [1.29, 1.82) is 0 Å². The molecule has 244 valence electrons. The average molecular weight is 652 g/mol. The van der Waals surface area contributed by atoms with Gasteiger partial charge in [-0.05, 0) is 52.1 Å². The minimum absolute atomic E-state index is 0.137. The number of aromatic carboxylic acids is 1. The van der Waals surface area contributed by atoms with E-state index in [1.807, 2.05) is 55.5 Å². The number of carboxylic acids is 1. The third-order valence-electron chi connectivity index (χ3n) is 7.39. The standard InChI is InChI=1S/C33H29N7O8/c1-2-46-32-34-28-13-7-12-27(31(41)42)29(28)38(32)18-21-14-16-22(17-15-21)25-10-5-6-11-26(25)30-35-37-39(36-30)33(43)47-19-23-8-3-4-9-24(23)20-48-40(44)45/h3-17,44-45H,2,18-20H2,1H3,(H,41,42). The highest BCUT2D eigenvalue weighted by Crippen LogP contribution is 2.31. The van der Waals surface area contributed by atoms with E-state index in [1.165, 1.54) is 0 Å². The molecule has 6 aromatic rings. The van der Waals surface area contributed by atoms with Gasteiger partial charge in [-0.2, -0.15) is 4.98 Å². The Labute approximate surface area is 272 Å². The first-order valence-electron chi connectivity index (χ1n) is 14.7. The number of carboxylic acid groups (broad SMARTS) is 1. The number of imidazole rings is 1. The van der Waals surface area contributed by atoms with Crippen molar-refractivity contribution < 1.29 is 39.4 Å². The summed E-state index contributed by atoms with van der Waals surface area (Å²) in [4.78, 5) is 34.7. The second-order valence-electron chi connectivity index (χ2n) is 10.4. The second-order valence-corrected chi connectivity index (χ2v) is 10.4. The summed E-state index contributed by atoms with van der Waals surface area (Å²) in [6.07, 6.45) is -0.859. The lowest BCUT2D eigenvalue weighted by atomic mass is 9.98. The average Bonchev–Trinajstić information content (AvgIpc) is 3.72. The van der Waals surface area contributed by atoms with Gasteiger partial charge in [0.1, 0.15) is 6.61 Å². The maximum absolute atomic E-state index is 12.8. The van der Waals surface area contributed by atoms with E-state index in [4.69, 9.17) is 19.9 Å². The van der Waals surface area contributed by atoms with Crippen molar-refractivity contribution in [2.24, 2.45) is 0 Å². The van der Waals surface area contributed by atoms with Crippen LogP contribution in [0.25, 0.3) is 33.5 Å². The highest BCUT2D eigenvalue weighted by atomic mass is 17.1. The van der Waals surface area contributed by atoms with Gasteiger partial charge >= 0.3 is 12.1 Å². The Hall–Kier alpha value is -6.00. The molecule has 0 spiro atoms. The second kappa shape index (κ2) is 14.2. The molecule has 4 aromatic carbocycles. The molecule has 0 amide bonds. The van der Waals surface area contributed by atoms with Gasteiger partial charge in [-0.1, -0.05) is 83.7 Å². The summed E-state index contributed by atoms with van der Waals surface area (Å²) in [5.74, 6) is -0.843. The molecule has 0 atom stereocenters. The van der Waals surface area contributed by atoms with Gasteiger partial charge in [0.25, 0.3) is 6.01 Å². The van der Waals surface area contributed by atoms with E-state index in [9.17, 15) is 14.7 Å². The van der Waals surface area contributed by atoms with E-state index >= 15 is 0 Å². The number of rotatable bonds is 12. The molecule has 3 N–H and O–H groups in total. The number of benzene rings is 4. The first-order valence-corrected chi connectivity index (χ1v) is 14.7. The van der Waals surface area contributed by atoms with Crippen molar-refractivity contribution in [3.8, 4) is 28.5 Å². The number of hydrogen-bond donors (Lipinski definition) is 3. The topological polar surface area (TPSA) is 187 Å². The van der Waals surface area contributed by atoms with Crippen LogP contribution in [0.2, 0.25) is 0 Å². The van der Waals surface area contributed by atoms with E-state index in [2.05, 4.69) is 25.2 Å². The van der Waals surface area contributed by atoms with Gasteiger partial charge in [-0.25, -0.2) is 14.4 Å². The monoisotopic (exact) mass is 651 g/mol. The van der Waals surface area contributed by atoms with Gasteiger partial charge < -0.3 is 14.6 Å². The van der Waals surface area contributed by atoms with Gasteiger partial charge in [-0.3, -0.25) is 15.0 Å². The molecule has 0 aliphatic rings. The maximum atomic E-state index is 12.8. The molecule has 2 heterocycles. The van der Waals surface area contributed by atoms with Gasteiger partial charge in [0.05, 0.1) is 41.7 Å². The Morgan fingerprint density at radius 3 is 2.27 bits per heavy atom. The number of nitrogens with zero attached hydrogens (tertiary/aromatic N) is 7. The lowest BCUT2D eigenvalue weighted by Gasteiger charge is -2.12. The van der Waals surface area contributed by atoms with Gasteiger partial charge in [0, 0.05) is 5.56 Å². The van der Waals surface area contributed by atoms with Gasteiger partial charge in [0.2, 0.25) is 5.82 Å². The van der Waals surface area contributed by atoms with Crippen LogP contribution in [0.3, 0.4) is 0 Å². The molecule has 15 heteroatoms. The number of fused-ring (bicyclic) bond motifs is 1. The number of tetrazole rings is 1. The van der Waals surface area contributed by atoms with Crippen LogP contribution < -0.4 is 4.74 Å². The fourth-order valence-electron chi connectivity index (χ4n) is 5.19. The number of carbonyl (C=O) groups is 2. The van der Waals surface area contributed by atoms with E-state index in [0.29, 0.717) is 46.9 Å². The first kappa shape index (κ1) is 32.0. The molecule has 0 unspecified atom stereocenters. The van der Waals surface area contributed by atoms with Crippen molar-refractivity contribution in [2.75, 3.05) is 6.61 Å². The minimum atomic E-state index is -1.05. The summed E-state index contributed by atoms with van der Waals surface area (Å²) in [6.45, 7) is 2.23. The van der Waals surface area contributed by atoms with Crippen LogP contribution in [0.15, 0.2) is 91.0 Å². The summed E-state index contributed by atoms with van der Waals surface area (Å²) in [6, 6.07) is 27.3. The third kappa shape index (κ3) is 6.89. The molecule has 0 aliphatic heterocycles. The summed E-state index contributed by atoms with van der Waals surface area (Å²) < 4.78 is 12.9. The lowest BCUT2D eigenvalue weighted by Crippen LogP contribution is -2.18. The molecular weight excluding hydrogens is 622 g/mol. The van der Waals surface area contributed by atoms with Crippen molar-refractivity contribution in [1.82, 2.24) is 35.1 Å². The van der Waals surface area contributed by atoms with E-state index in [-0.39, 0.29) is 24.6 Å². The maximum Gasteiger partial charge on any atom is 0.454 e. The number of aromatic nitrogens is 6. The van der Waals surface area contributed by atoms with Crippen molar-refractivity contribution in [2.45, 2.75) is 26.7 Å². The number of ether oxygens (including phenoxy) is 2.